The van der Waals surface area contributed by atoms with Crippen molar-refractivity contribution in [2.24, 2.45) is 11.8 Å². The molecular weight excluding hydrogens is 276 g/mol. The van der Waals surface area contributed by atoms with Crippen LogP contribution in [0.1, 0.15) is 25.3 Å². The van der Waals surface area contributed by atoms with Crippen LogP contribution in [0.25, 0.3) is 0 Å². The number of benzene rings is 1. The number of carbonyl (C=O) groups is 1. The van der Waals surface area contributed by atoms with Crippen LogP contribution in [0.3, 0.4) is 0 Å². The highest BCUT2D eigenvalue weighted by atomic mass is 16.5. The molecule has 4 heteroatoms. The fourth-order valence-electron chi connectivity index (χ4n) is 2.98. The lowest BCUT2D eigenvalue weighted by molar-refractivity contribution is -0.136. The van der Waals surface area contributed by atoms with Gasteiger partial charge in [0.25, 0.3) is 0 Å². The molecule has 1 N–H and O–H groups in total. The van der Waals surface area contributed by atoms with E-state index in [0.29, 0.717) is 12.5 Å². The molecule has 1 fully saturated rings. The Morgan fingerprint density at radius 2 is 2.00 bits per heavy atom. The molecule has 22 heavy (non-hydrogen) atoms. The maximum absolute atomic E-state index is 12.8. The molecule has 0 spiro atoms. The van der Waals surface area contributed by atoms with Crippen molar-refractivity contribution >= 4 is 5.91 Å². The van der Waals surface area contributed by atoms with Crippen LogP contribution in [0.4, 0.5) is 0 Å². The number of carbonyl (C=O) groups excluding carboxylic acids is 1. The Morgan fingerprint density at radius 3 is 2.64 bits per heavy atom. The highest BCUT2D eigenvalue weighted by Gasteiger charge is 2.24. The molecule has 1 saturated heterocycles. The quantitative estimate of drug-likeness (QED) is 0.840. The Hall–Kier alpha value is -1.39. The third kappa shape index (κ3) is 5.11. The minimum atomic E-state index is 0.00792. The molecule has 0 bridgehead atoms. The van der Waals surface area contributed by atoms with E-state index in [4.69, 9.17) is 4.74 Å². The largest absolute Gasteiger partial charge is 0.381 e. The summed E-state index contributed by atoms with van der Waals surface area (Å²) in [5, 5.41) is 3.10. The first-order chi connectivity index (χ1) is 10.7. The predicted molar refractivity (Wildman–Crippen MR) is 88.5 cm³/mol. The minimum absolute atomic E-state index is 0.00792. The summed E-state index contributed by atoms with van der Waals surface area (Å²) in [5.74, 6) is 0.807. The maximum atomic E-state index is 12.8. The molecule has 0 saturated carbocycles. The summed E-state index contributed by atoms with van der Waals surface area (Å²) in [4.78, 5) is 14.8. The lowest BCUT2D eigenvalue weighted by Gasteiger charge is -2.31. The van der Waals surface area contributed by atoms with E-state index in [-0.39, 0.29) is 11.8 Å². The Bertz CT molecular complexity index is 444. The normalized spacial score (nSPS) is 17.2. The van der Waals surface area contributed by atoms with Gasteiger partial charge in [0.05, 0.1) is 0 Å². The Labute approximate surface area is 133 Å². The first-order valence-electron chi connectivity index (χ1n) is 8.25. The van der Waals surface area contributed by atoms with Gasteiger partial charge in [0.2, 0.25) is 5.91 Å². The van der Waals surface area contributed by atoms with Crippen molar-refractivity contribution < 1.29 is 9.53 Å². The van der Waals surface area contributed by atoms with E-state index in [0.717, 1.165) is 39.1 Å². The van der Waals surface area contributed by atoms with Gasteiger partial charge in [0.15, 0.2) is 0 Å². The van der Waals surface area contributed by atoms with Crippen molar-refractivity contribution in [2.75, 3.05) is 33.4 Å². The van der Waals surface area contributed by atoms with Crippen LogP contribution in [0.5, 0.6) is 0 Å². The molecule has 4 nitrogen and oxygen atoms in total. The van der Waals surface area contributed by atoms with E-state index in [2.05, 4.69) is 17.4 Å². The number of hydrogen-bond acceptors (Lipinski definition) is 3. The molecule has 1 aliphatic rings. The highest BCUT2D eigenvalue weighted by molar-refractivity contribution is 5.78. The summed E-state index contributed by atoms with van der Waals surface area (Å²) in [6.07, 6.45) is 2.11. The van der Waals surface area contributed by atoms with E-state index < -0.39 is 0 Å². The van der Waals surface area contributed by atoms with E-state index >= 15 is 0 Å². The van der Waals surface area contributed by atoms with Crippen molar-refractivity contribution in [3.63, 3.8) is 0 Å². The molecule has 1 aromatic carbocycles. The van der Waals surface area contributed by atoms with Gasteiger partial charge < -0.3 is 15.0 Å². The van der Waals surface area contributed by atoms with E-state index in [1.165, 1.54) is 5.56 Å². The molecule has 0 radical (unpaired) electrons. The lowest BCUT2D eigenvalue weighted by atomic mass is 9.98. The third-order valence-corrected chi connectivity index (χ3v) is 4.28. The van der Waals surface area contributed by atoms with Crippen LogP contribution in [0.15, 0.2) is 30.3 Å². The van der Waals surface area contributed by atoms with E-state index in [9.17, 15) is 4.79 Å². The van der Waals surface area contributed by atoms with Crippen molar-refractivity contribution in [3.05, 3.63) is 35.9 Å². The topological polar surface area (TPSA) is 41.6 Å². The minimum Gasteiger partial charge on any atom is -0.381 e. The molecule has 122 valence electrons. The molecular formula is C18H28N2O2. The van der Waals surface area contributed by atoms with Crippen molar-refractivity contribution in [3.8, 4) is 0 Å². The Balaban J connectivity index is 2.03. The molecule has 1 heterocycles. The molecule has 1 aliphatic heterocycles. The number of amides is 1. The van der Waals surface area contributed by atoms with E-state index in [1.54, 1.807) is 0 Å². The second-order valence-electron chi connectivity index (χ2n) is 6.22. The van der Waals surface area contributed by atoms with Gasteiger partial charge in [0, 0.05) is 38.8 Å². The van der Waals surface area contributed by atoms with Gasteiger partial charge in [0.1, 0.15) is 0 Å². The van der Waals surface area contributed by atoms with E-state index in [1.807, 2.05) is 37.1 Å². The van der Waals surface area contributed by atoms with Gasteiger partial charge >= 0.3 is 0 Å². The molecule has 0 aliphatic carbocycles. The number of hydrogen-bond donors (Lipinski definition) is 1. The van der Waals surface area contributed by atoms with Crippen molar-refractivity contribution in [2.45, 2.75) is 26.3 Å². The summed E-state index contributed by atoms with van der Waals surface area (Å²) in [7, 11) is 1.89. The number of nitrogens with zero attached hydrogens (tertiary/aromatic N) is 1. The van der Waals surface area contributed by atoms with Gasteiger partial charge in [-0.1, -0.05) is 37.3 Å². The fraction of sp³-hybridized carbons (Fsp3) is 0.611. The van der Waals surface area contributed by atoms with Gasteiger partial charge in [-0.05, 0) is 31.4 Å². The van der Waals surface area contributed by atoms with Gasteiger partial charge in [-0.15, -0.1) is 0 Å². The first kappa shape index (κ1) is 17.0. The Kier molecular flexibility index (Phi) is 6.87. The second kappa shape index (κ2) is 8.91. The lowest BCUT2D eigenvalue weighted by Crippen LogP contribution is -2.41. The summed E-state index contributed by atoms with van der Waals surface area (Å²) >= 11 is 0. The van der Waals surface area contributed by atoms with Crippen molar-refractivity contribution in [1.82, 2.24) is 10.2 Å². The van der Waals surface area contributed by atoms with Crippen LogP contribution in [-0.2, 0) is 16.1 Å². The molecule has 1 atom stereocenters. The number of nitrogens with one attached hydrogen (secondary N) is 1. The molecule has 1 aromatic rings. The summed E-state index contributed by atoms with van der Waals surface area (Å²) in [6, 6.07) is 10.3. The second-order valence-corrected chi connectivity index (χ2v) is 6.22. The van der Waals surface area contributed by atoms with Crippen molar-refractivity contribution in [1.29, 1.82) is 0 Å². The maximum Gasteiger partial charge on any atom is 0.226 e. The average molecular weight is 304 g/mol. The van der Waals surface area contributed by atoms with Crippen LogP contribution in [0.2, 0.25) is 0 Å². The molecule has 0 unspecified atom stereocenters. The highest BCUT2D eigenvalue weighted by Crippen LogP contribution is 2.19. The van der Waals surface area contributed by atoms with Gasteiger partial charge in [-0.25, -0.2) is 0 Å². The summed E-state index contributed by atoms with van der Waals surface area (Å²) in [6.45, 7) is 5.91. The third-order valence-electron chi connectivity index (χ3n) is 4.28. The average Bonchev–Trinajstić information content (AvgIpc) is 2.56. The van der Waals surface area contributed by atoms with Crippen LogP contribution in [-0.4, -0.2) is 44.2 Å². The summed E-state index contributed by atoms with van der Waals surface area (Å²) < 4.78 is 5.43. The smallest absolute Gasteiger partial charge is 0.226 e. The molecule has 0 aromatic heterocycles. The monoisotopic (exact) mass is 304 g/mol. The standard InChI is InChI=1S/C18H28N2O2/c1-15(12-19-2)18(21)20(13-16-6-4-3-5-7-16)14-17-8-10-22-11-9-17/h3-7,15,17,19H,8-14H2,1-2H3/t15-/m1/s1. The van der Waals surface area contributed by atoms with Crippen LogP contribution < -0.4 is 5.32 Å². The number of rotatable bonds is 7. The van der Waals surface area contributed by atoms with Gasteiger partial charge in [-0.3, -0.25) is 4.79 Å². The zero-order valence-electron chi connectivity index (χ0n) is 13.8. The predicted octanol–water partition coefficient (Wildman–Crippen LogP) is 2.30. The SMILES string of the molecule is CNC[C@@H](C)C(=O)N(Cc1ccccc1)CC1CCOCC1. The zero-order chi connectivity index (χ0) is 15.8. The fourth-order valence-corrected chi connectivity index (χ4v) is 2.98. The molecule has 2 rings (SSSR count). The first-order valence-corrected chi connectivity index (χ1v) is 8.25. The number of ether oxygens (including phenoxy) is 1. The summed E-state index contributed by atoms with van der Waals surface area (Å²) in [5.41, 5.74) is 1.19. The Morgan fingerprint density at radius 1 is 1.32 bits per heavy atom. The van der Waals surface area contributed by atoms with Gasteiger partial charge in [-0.2, -0.15) is 0 Å². The zero-order valence-corrected chi connectivity index (χ0v) is 13.8. The van der Waals surface area contributed by atoms with Crippen LogP contribution in [0, 0.1) is 11.8 Å². The van der Waals surface area contributed by atoms with Crippen LogP contribution >= 0.6 is 0 Å². The molecule has 1 amide bonds.